The molecule has 1 heterocycles. The van der Waals surface area contributed by atoms with Crippen LogP contribution in [0, 0.1) is 6.92 Å². The molecule has 58 valence electrons. The number of aryl methyl sites for hydroxylation is 1. The average Bonchev–Trinajstić information content (AvgIpc) is 2.36. The molecule has 11 heavy (non-hydrogen) atoms. The van der Waals surface area contributed by atoms with E-state index < -0.39 is 0 Å². The van der Waals surface area contributed by atoms with Crippen LogP contribution in [0.25, 0.3) is 5.57 Å². The molecule has 0 spiro atoms. The molecule has 0 bridgehead atoms. The maximum Gasteiger partial charge on any atom is 0.124 e. The lowest BCUT2D eigenvalue weighted by atomic mass is 10.2. The van der Waals surface area contributed by atoms with Crippen LogP contribution in [0.1, 0.15) is 16.2 Å². The van der Waals surface area contributed by atoms with Crippen LogP contribution in [0.3, 0.4) is 0 Å². The van der Waals surface area contributed by atoms with Gasteiger partial charge in [0.15, 0.2) is 0 Å². The first-order valence-electron chi connectivity index (χ1n) is 3.42. The molecule has 0 unspecified atom stereocenters. The van der Waals surface area contributed by atoms with Gasteiger partial charge in [-0.3, -0.25) is 0 Å². The Bertz CT molecular complexity index is 273. The molecule has 0 aromatic carbocycles. The minimum atomic E-state index is 0.444. The van der Waals surface area contributed by atoms with Gasteiger partial charge in [-0.2, -0.15) is 0 Å². The summed E-state index contributed by atoms with van der Waals surface area (Å²) in [5, 5.41) is 0. The van der Waals surface area contributed by atoms with E-state index in [4.69, 9.17) is 0 Å². The highest BCUT2D eigenvalue weighted by molar-refractivity contribution is 7.13. The molecule has 0 amide bonds. The Morgan fingerprint density at radius 1 is 1.73 bits per heavy atom. The van der Waals surface area contributed by atoms with Gasteiger partial charge in [0.05, 0.1) is 0 Å². The zero-order chi connectivity index (χ0) is 8.27. The summed E-state index contributed by atoms with van der Waals surface area (Å²) in [6, 6.07) is 4.04. The summed E-state index contributed by atoms with van der Waals surface area (Å²) in [6.45, 7) is 5.85. The molecule has 1 aromatic heterocycles. The van der Waals surface area contributed by atoms with Gasteiger partial charge >= 0.3 is 0 Å². The van der Waals surface area contributed by atoms with Crippen molar-refractivity contribution in [3.05, 3.63) is 28.5 Å². The molecule has 0 atom stereocenters. The van der Waals surface area contributed by atoms with Gasteiger partial charge < -0.3 is 4.79 Å². The Morgan fingerprint density at radius 2 is 2.45 bits per heavy atom. The quantitative estimate of drug-likeness (QED) is 0.631. The van der Waals surface area contributed by atoms with Crippen LogP contribution >= 0.6 is 11.3 Å². The topological polar surface area (TPSA) is 17.1 Å². The number of carbonyl (C=O) groups is 1. The van der Waals surface area contributed by atoms with Crippen LogP contribution in [0.4, 0.5) is 0 Å². The van der Waals surface area contributed by atoms with E-state index in [1.807, 2.05) is 19.1 Å². The Hall–Kier alpha value is -0.890. The molecule has 1 rings (SSSR count). The normalized spacial score (nSPS) is 9.55. The molecule has 0 radical (unpaired) electrons. The third kappa shape index (κ3) is 2.02. The van der Waals surface area contributed by atoms with E-state index in [2.05, 4.69) is 6.58 Å². The van der Waals surface area contributed by atoms with E-state index in [9.17, 15) is 4.79 Å². The zero-order valence-corrected chi connectivity index (χ0v) is 7.28. The maximum atomic E-state index is 10.1. The average molecular weight is 166 g/mol. The minimum absolute atomic E-state index is 0.444. The summed E-state index contributed by atoms with van der Waals surface area (Å²) < 4.78 is 0. The predicted molar refractivity (Wildman–Crippen MR) is 48.8 cm³/mol. The van der Waals surface area contributed by atoms with Gasteiger partial charge in [-0.15, -0.1) is 11.3 Å². The highest BCUT2D eigenvalue weighted by Crippen LogP contribution is 2.23. The van der Waals surface area contributed by atoms with Gasteiger partial charge in [0.2, 0.25) is 0 Å². The third-order valence-corrected chi connectivity index (χ3v) is 2.52. The molecule has 0 aliphatic rings. The fourth-order valence-electron chi connectivity index (χ4n) is 0.826. The van der Waals surface area contributed by atoms with E-state index in [1.54, 1.807) is 11.3 Å². The standard InChI is InChI=1S/C9H10OS/c1-7(5-6-10)9-4-3-8(2)11-9/h3-4,6H,1,5H2,2H3. The lowest BCUT2D eigenvalue weighted by Crippen LogP contribution is -1.77. The van der Waals surface area contributed by atoms with Crippen LogP contribution in [-0.4, -0.2) is 6.29 Å². The van der Waals surface area contributed by atoms with E-state index >= 15 is 0 Å². The largest absolute Gasteiger partial charge is 0.303 e. The van der Waals surface area contributed by atoms with Crippen LogP contribution in [0.5, 0.6) is 0 Å². The van der Waals surface area contributed by atoms with Gasteiger partial charge in [-0.05, 0) is 24.6 Å². The summed E-state index contributed by atoms with van der Waals surface area (Å²) in [4.78, 5) is 12.5. The molecule has 0 fully saturated rings. The lowest BCUT2D eigenvalue weighted by molar-refractivity contribution is -0.107. The van der Waals surface area contributed by atoms with Crippen molar-refractivity contribution in [2.75, 3.05) is 0 Å². The molecular weight excluding hydrogens is 156 g/mol. The Morgan fingerprint density at radius 3 is 2.91 bits per heavy atom. The van der Waals surface area contributed by atoms with Crippen molar-refractivity contribution in [2.24, 2.45) is 0 Å². The summed E-state index contributed by atoms with van der Waals surface area (Å²) in [5.41, 5.74) is 0.915. The van der Waals surface area contributed by atoms with E-state index in [1.165, 1.54) is 4.88 Å². The zero-order valence-electron chi connectivity index (χ0n) is 6.46. The van der Waals surface area contributed by atoms with Crippen LogP contribution in [0.2, 0.25) is 0 Å². The number of allylic oxidation sites excluding steroid dienone is 1. The fourth-order valence-corrected chi connectivity index (χ4v) is 1.67. The molecule has 1 aromatic rings. The van der Waals surface area contributed by atoms with Crippen molar-refractivity contribution in [1.29, 1.82) is 0 Å². The first-order valence-corrected chi connectivity index (χ1v) is 4.24. The molecule has 0 aliphatic heterocycles. The molecular formula is C9H10OS. The Kier molecular flexibility index (Phi) is 2.60. The number of carbonyl (C=O) groups excluding carboxylic acids is 1. The maximum absolute atomic E-state index is 10.1. The van der Waals surface area contributed by atoms with Crippen molar-refractivity contribution >= 4 is 23.2 Å². The number of rotatable bonds is 3. The second kappa shape index (κ2) is 3.49. The van der Waals surface area contributed by atoms with E-state index in [-0.39, 0.29) is 0 Å². The number of hydrogen-bond acceptors (Lipinski definition) is 2. The number of thiophene rings is 1. The van der Waals surface area contributed by atoms with Crippen LogP contribution in [-0.2, 0) is 4.79 Å². The van der Waals surface area contributed by atoms with Gasteiger partial charge in [0, 0.05) is 16.2 Å². The van der Waals surface area contributed by atoms with Crippen LogP contribution in [0.15, 0.2) is 18.7 Å². The van der Waals surface area contributed by atoms with Crippen molar-refractivity contribution in [2.45, 2.75) is 13.3 Å². The number of hydrogen-bond donors (Lipinski definition) is 0. The van der Waals surface area contributed by atoms with E-state index in [0.717, 1.165) is 16.7 Å². The first kappa shape index (κ1) is 8.21. The molecule has 1 nitrogen and oxygen atoms in total. The second-order valence-corrected chi connectivity index (χ2v) is 3.67. The van der Waals surface area contributed by atoms with Gasteiger partial charge in [0.25, 0.3) is 0 Å². The lowest BCUT2D eigenvalue weighted by Gasteiger charge is -1.93. The molecule has 0 N–H and O–H groups in total. The third-order valence-electron chi connectivity index (χ3n) is 1.42. The second-order valence-electron chi connectivity index (χ2n) is 2.38. The fraction of sp³-hybridized carbons (Fsp3) is 0.222. The predicted octanol–water partition coefficient (Wildman–Crippen LogP) is 2.66. The summed E-state index contributed by atoms with van der Waals surface area (Å²) >= 11 is 1.68. The summed E-state index contributed by atoms with van der Waals surface area (Å²) in [7, 11) is 0. The van der Waals surface area contributed by atoms with Gasteiger partial charge in [-0.25, -0.2) is 0 Å². The smallest absolute Gasteiger partial charge is 0.124 e. The minimum Gasteiger partial charge on any atom is -0.303 e. The molecule has 0 aliphatic carbocycles. The first-order chi connectivity index (χ1) is 5.24. The van der Waals surface area contributed by atoms with Crippen molar-refractivity contribution < 1.29 is 4.79 Å². The van der Waals surface area contributed by atoms with Crippen molar-refractivity contribution in [3.8, 4) is 0 Å². The Balaban J connectivity index is 2.76. The summed E-state index contributed by atoms with van der Waals surface area (Å²) in [5.74, 6) is 0. The SMILES string of the molecule is C=C(CC=O)c1ccc(C)s1. The van der Waals surface area contributed by atoms with E-state index in [0.29, 0.717) is 6.42 Å². The van der Waals surface area contributed by atoms with Crippen molar-refractivity contribution in [3.63, 3.8) is 0 Å². The van der Waals surface area contributed by atoms with Gasteiger partial charge in [0.1, 0.15) is 6.29 Å². The highest BCUT2D eigenvalue weighted by atomic mass is 32.1. The molecule has 0 saturated carbocycles. The molecule has 0 saturated heterocycles. The highest BCUT2D eigenvalue weighted by Gasteiger charge is 1.99. The summed E-state index contributed by atoms with van der Waals surface area (Å²) in [6.07, 6.45) is 1.33. The Labute approximate surface area is 70.4 Å². The van der Waals surface area contributed by atoms with Crippen LogP contribution < -0.4 is 0 Å². The monoisotopic (exact) mass is 166 g/mol. The van der Waals surface area contributed by atoms with Crippen molar-refractivity contribution in [1.82, 2.24) is 0 Å². The van der Waals surface area contributed by atoms with Gasteiger partial charge in [-0.1, -0.05) is 6.58 Å². The molecule has 2 heteroatoms. The number of aldehydes is 1.